The molecule has 0 bridgehead atoms. The highest BCUT2D eigenvalue weighted by atomic mass is 16.5. The molecule has 0 spiro atoms. The molecule has 2 aromatic rings. The predicted molar refractivity (Wildman–Crippen MR) is 112 cm³/mol. The molecule has 1 amide bonds. The molecule has 0 radical (unpaired) electrons. The first-order valence-corrected chi connectivity index (χ1v) is 10.8. The summed E-state index contributed by atoms with van der Waals surface area (Å²) in [5, 5.41) is 10.7. The van der Waals surface area contributed by atoms with Crippen LogP contribution < -0.4 is 9.47 Å². The fraction of sp³-hybridized carbons (Fsp3) is 0.565. The molecule has 30 heavy (non-hydrogen) atoms. The smallest absolute Gasteiger partial charge is 0.224 e. The van der Waals surface area contributed by atoms with Gasteiger partial charge in [0.25, 0.3) is 0 Å². The second-order valence-electron chi connectivity index (χ2n) is 8.31. The summed E-state index contributed by atoms with van der Waals surface area (Å²) in [5.74, 6) is 3.20. The van der Waals surface area contributed by atoms with Crippen molar-refractivity contribution in [1.82, 2.24) is 14.5 Å². The van der Waals surface area contributed by atoms with Gasteiger partial charge in [-0.2, -0.15) is 0 Å². The third kappa shape index (κ3) is 4.31. The zero-order valence-electron chi connectivity index (χ0n) is 17.7. The zero-order valence-corrected chi connectivity index (χ0v) is 17.7. The van der Waals surface area contributed by atoms with Crippen molar-refractivity contribution in [3.63, 3.8) is 0 Å². The molecule has 1 N–H and O–H groups in total. The number of carbonyl (C=O) groups is 1. The average molecular weight is 414 g/mol. The lowest BCUT2D eigenvalue weighted by Crippen LogP contribution is -2.42. The summed E-state index contributed by atoms with van der Waals surface area (Å²) in [6, 6.07) is 7.51. The Morgan fingerprint density at radius 2 is 1.93 bits per heavy atom. The van der Waals surface area contributed by atoms with Crippen LogP contribution in [0.3, 0.4) is 0 Å². The Kier molecular flexibility index (Phi) is 6.27. The molecule has 1 aliphatic carbocycles. The molecule has 0 unspecified atom stereocenters. The number of nitrogens with zero attached hydrogens (tertiary/aromatic N) is 3. The number of rotatable bonds is 7. The third-order valence-electron chi connectivity index (χ3n) is 6.47. The first kappa shape index (κ1) is 20.7. The zero-order chi connectivity index (χ0) is 21.1. The van der Waals surface area contributed by atoms with Gasteiger partial charge in [-0.25, -0.2) is 4.98 Å². The van der Waals surface area contributed by atoms with Crippen LogP contribution >= 0.6 is 0 Å². The Hall–Kier alpha value is -2.54. The molecule has 4 rings (SSSR count). The Bertz CT molecular complexity index is 868. The van der Waals surface area contributed by atoms with Crippen molar-refractivity contribution in [3.8, 4) is 11.5 Å². The Morgan fingerprint density at radius 3 is 2.67 bits per heavy atom. The second-order valence-corrected chi connectivity index (χ2v) is 8.31. The number of benzene rings is 1. The summed E-state index contributed by atoms with van der Waals surface area (Å²) in [4.78, 5) is 19.1. The quantitative estimate of drug-likeness (QED) is 0.755. The number of aliphatic hydroxyl groups excluding tert-OH is 1. The van der Waals surface area contributed by atoms with Crippen LogP contribution in [0.1, 0.15) is 32.0 Å². The van der Waals surface area contributed by atoms with Gasteiger partial charge in [0.1, 0.15) is 11.9 Å². The molecule has 2 heterocycles. The summed E-state index contributed by atoms with van der Waals surface area (Å²) < 4.78 is 13.5. The molecule has 162 valence electrons. The summed E-state index contributed by atoms with van der Waals surface area (Å²) in [5.41, 5.74) is 0. The molecular weight excluding hydrogens is 382 g/mol. The molecule has 4 atom stereocenters. The van der Waals surface area contributed by atoms with E-state index in [0.717, 1.165) is 31.8 Å². The lowest BCUT2D eigenvalue weighted by atomic mass is 9.78. The minimum Gasteiger partial charge on any atom is -0.493 e. The number of hydrogen-bond acceptors (Lipinski definition) is 5. The van der Waals surface area contributed by atoms with E-state index < -0.39 is 6.10 Å². The van der Waals surface area contributed by atoms with Gasteiger partial charge >= 0.3 is 0 Å². The number of likely N-dealkylation sites (tertiary alicyclic amines) is 1. The van der Waals surface area contributed by atoms with E-state index in [4.69, 9.17) is 9.47 Å². The third-order valence-corrected chi connectivity index (χ3v) is 6.47. The second kappa shape index (κ2) is 9.08. The van der Waals surface area contributed by atoms with Gasteiger partial charge in [0.2, 0.25) is 5.91 Å². The molecule has 1 saturated carbocycles. The predicted octanol–water partition coefficient (Wildman–Crippen LogP) is 2.52. The number of carbonyl (C=O) groups excluding carboxylic acids is 1. The van der Waals surface area contributed by atoms with Crippen molar-refractivity contribution in [1.29, 1.82) is 0 Å². The number of para-hydroxylation sites is 2. The van der Waals surface area contributed by atoms with Crippen molar-refractivity contribution >= 4 is 5.91 Å². The van der Waals surface area contributed by atoms with Gasteiger partial charge in [0.05, 0.1) is 13.2 Å². The van der Waals surface area contributed by atoms with E-state index in [1.54, 1.807) is 13.3 Å². The van der Waals surface area contributed by atoms with Crippen LogP contribution in [0.25, 0.3) is 0 Å². The fourth-order valence-electron chi connectivity index (χ4n) is 4.83. The standard InChI is InChI=1S/C23H31N3O4/c1-3-22-24-9-11-25(22)10-8-23(28)26-14-16-12-18(27)21(13-17(16)15-26)30-20-7-5-4-6-19(20)29-2/h4-7,9,11,16-18,21,27H,3,8,10,12-15H2,1-2H3/t16-,17+,18+,21+/m0/s1. The average Bonchev–Trinajstić information content (AvgIpc) is 3.38. The van der Waals surface area contributed by atoms with Crippen molar-refractivity contribution in [2.24, 2.45) is 11.8 Å². The molecule has 7 nitrogen and oxygen atoms in total. The maximum atomic E-state index is 12.8. The normalized spacial score (nSPS) is 25.8. The number of aliphatic hydroxyl groups is 1. The van der Waals surface area contributed by atoms with E-state index in [9.17, 15) is 9.90 Å². The first-order valence-electron chi connectivity index (χ1n) is 10.8. The number of methoxy groups -OCH3 is 1. The number of hydrogen-bond donors (Lipinski definition) is 1. The van der Waals surface area contributed by atoms with Crippen molar-refractivity contribution in [3.05, 3.63) is 42.5 Å². The molecule has 1 saturated heterocycles. The SMILES string of the molecule is CCc1nccn1CCC(=O)N1C[C@H]2C[C@@H](Oc3ccccc3OC)[C@H](O)C[C@H]2C1. The molecule has 7 heteroatoms. The van der Waals surface area contributed by atoms with Crippen LogP contribution in [-0.4, -0.2) is 57.9 Å². The minimum atomic E-state index is -0.538. The monoisotopic (exact) mass is 413 g/mol. The van der Waals surface area contributed by atoms with Crippen LogP contribution in [0, 0.1) is 11.8 Å². The Balaban J connectivity index is 1.34. The maximum Gasteiger partial charge on any atom is 0.224 e. The molecule has 2 aliphatic rings. The van der Waals surface area contributed by atoms with Crippen LogP contribution in [-0.2, 0) is 17.8 Å². The summed E-state index contributed by atoms with van der Waals surface area (Å²) in [6.45, 7) is 4.20. The number of amides is 1. The largest absolute Gasteiger partial charge is 0.493 e. The summed E-state index contributed by atoms with van der Waals surface area (Å²) in [6.07, 6.45) is 5.65. The lowest BCUT2D eigenvalue weighted by Gasteiger charge is -2.35. The highest BCUT2D eigenvalue weighted by Gasteiger charge is 2.43. The maximum absolute atomic E-state index is 12.8. The van der Waals surface area contributed by atoms with Crippen LogP contribution in [0.2, 0.25) is 0 Å². The van der Waals surface area contributed by atoms with Crippen LogP contribution in [0.4, 0.5) is 0 Å². The highest BCUT2D eigenvalue weighted by Crippen LogP contribution is 2.39. The van der Waals surface area contributed by atoms with E-state index in [2.05, 4.69) is 16.5 Å². The molecular formula is C23H31N3O4. The van der Waals surface area contributed by atoms with E-state index in [1.807, 2.05) is 35.4 Å². The van der Waals surface area contributed by atoms with Crippen molar-refractivity contribution in [2.75, 3.05) is 20.2 Å². The van der Waals surface area contributed by atoms with Gasteiger partial charge in [0.15, 0.2) is 11.5 Å². The molecule has 2 fully saturated rings. The van der Waals surface area contributed by atoms with Gasteiger partial charge in [-0.15, -0.1) is 0 Å². The number of imidazole rings is 1. The summed E-state index contributed by atoms with van der Waals surface area (Å²) >= 11 is 0. The number of aromatic nitrogens is 2. The number of ether oxygens (including phenoxy) is 2. The van der Waals surface area contributed by atoms with E-state index >= 15 is 0 Å². The number of aryl methyl sites for hydroxylation is 2. The van der Waals surface area contributed by atoms with Gasteiger partial charge in [-0.3, -0.25) is 4.79 Å². The Morgan fingerprint density at radius 1 is 1.20 bits per heavy atom. The van der Waals surface area contributed by atoms with Gasteiger partial charge in [-0.05, 0) is 36.8 Å². The Labute approximate surface area is 177 Å². The van der Waals surface area contributed by atoms with E-state index in [-0.39, 0.29) is 12.0 Å². The molecule has 1 aliphatic heterocycles. The first-order chi connectivity index (χ1) is 14.6. The van der Waals surface area contributed by atoms with Crippen molar-refractivity contribution < 1.29 is 19.4 Å². The van der Waals surface area contributed by atoms with E-state index in [0.29, 0.717) is 42.7 Å². The molecule has 1 aromatic heterocycles. The van der Waals surface area contributed by atoms with E-state index in [1.165, 1.54) is 0 Å². The number of fused-ring (bicyclic) bond motifs is 1. The van der Waals surface area contributed by atoms with Crippen LogP contribution in [0.5, 0.6) is 11.5 Å². The van der Waals surface area contributed by atoms with Crippen molar-refractivity contribution in [2.45, 2.75) is 51.4 Å². The van der Waals surface area contributed by atoms with Gasteiger partial charge in [-0.1, -0.05) is 19.1 Å². The fourth-order valence-corrected chi connectivity index (χ4v) is 4.83. The molecule has 1 aromatic carbocycles. The van der Waals surface area contributed by atoms with Gasteiger partial charge < -0.3 is 24.0 Å². The minimum absolute atomic E-state index is 0.178. The van der Waals surface area contributed by atoms with Gasteiger partial charge in [0, 0.05) is 44.9 Å². The lowest BCUT2D eigenvalue weighted by molar-refractivity contribution is -0.130. The van der Waals surface area contributed by atoms with Crippen LogP contribution in [0.15, 0.2) is 36.7 Å². The summed E-state index contributed by atoms with van der Waals surface area (Å²) in [7, 11) is 1.61. The topological polar surface area (TPSA) is 76.8 Å². The highest BCUT2D eigenvalue weighted by molar-refractivity contribution is 5.76.